The molecule has 0 aromatic heterocycles. The zero-order chi connectivity index (χ0) is 17.6. The van der Waals surface area contributed by atoms with Gasteiger partial charge in [-0.2, -0.15) is 0 Å². The highest BCUT2D eigenvalue weighted by atomic mass is 16.5. The fraction of sp³-hybridized carbons (Fsp3) is 0.263. The SMILES string of the molecule is COc1ccccc1OCC(=O)Nc1ccc(NC(=O)C2CC2)cc1. The van der Waals surface area contributed by atoms with Gasteiger partial charge in [0, 0.05) is 17.3 Å². The maximum atomic E-state index is 12.0. The predicted molar refractivity (Wildman–Crippen MR) is 94.9 cm³/mol. The Hall–Kier alpha value is -3.02. The minimum absolute atomic E-state index is 0.0574. The highest BCUT2D eigenvalue weighted by Gasteiger charge is 2.29. The van der Waals surface area contributed by atoms with Gasteiger partial charge in [0.2, 0.25) is 5.91 Å². The van der Waals surface area contributed by atoms with Gasteiger partial charge in [-0.3, -0.25) is 9.59 Å². The molecule has 0 atom stereocenters. The minimum Gasteiger partial charge on any atom is -0.493 e. The van der Waals surface area contributed by atoms with Gasteiger partial charge in [0.05, 0.1) is 7.11 Å². The third-order valence-electron chi connectivity index (χ3n) is 3.81. The van der Waals surface area contributed by atoms with Gasteiger partial charge in [0.25, 0.3) is 5.91 Å². The zero-order valence-electron chi connectivity index (χ0n) is 14.0. The van der Waals surface area contributed by atoms with E-state index < -0.39 is 0 Å². The molecule has 25 heavy (non-hydrogen) atoms. The van der Waals surface area contributed by atoms with Crippen LogP contribution >= 0.6 is 0 Å². The van der Waals surface area contributed by atoms with E-state index in [-0.39, 0.29) is 24.3 Å². The molecule has 0 saturated heterocycles. The molecule has 130 valence electrons. The van der Waals surface area contributed by atoms with Crippen molar-refractivity contribution in [2.45, 2.75) is 12.8 Å². The molecule has 0 bridgehead atoms. The Bertz CT molecular complexity index is 754. The van der Waals surface area contributed by atoms with Crippen LogP contribution in [0.5, 0.6) is 11.5 Å². The second-order valence-electron chi connectivity index (χ2n) is 5.83. The lowest BCUT2D eigenvalue weighted by molar-refractivity contribution is -0.118. The van der Waals surface area contributed by atoms with Crippen molar-refractivity contribution in [3.63, 3.8) is 0 Å². The van der Waals surface area contributed by atoms with Crippen molar-refractivity contribution in [3.8, 4) is 11.5 Å². The molecule has 3 rings (SSSR count). The van der Waals surface area contributed by atoms with Crippen molar-refractivity contribution in [2.24, 2.45) is 5.92 Å². The number of para-hydroxylation sites is 2. The second kappa shape index (κ2) is 7.70. The number of rotatable bonds is 7. The van der Waals surface area contributed by atoms with E-state index in [2.05, 4.69) is 10.6 Å². The summed E-state index contributed by atoms with van der Waals surface area (Å²) in [5.41, 5.74) is 1.36. The van der Waals surface area contributed by atoms with Crippen LogP contribution in [0.4, 0.5) is 11.4 Å². The van der Waals surface area contributed by atoms with Crippen LogP contribution in [-0.2, 0) is 9.59 Å². The number of hydrogen-bond acceptors (Lipinski definition) is 4. The van der Waals surface area contributed by atoms with Crippen molar-refractivity contribution in [1.29, 1.82) is 0 Å². The van der Waals surface area contributed by atoms with Crippen molar-refractivity contribution in [3.05, 3.63) is 48.5 Å². The number of amides is 2. The molecule has 0 radical (unpaired) electrons. The first-order chi connectivity index (χ1) is 12.2. The summed E-state index contributed by atoms with van der Waals surface area (Å²) in [6, 6.07) is 14.1. The highest BCUT2D eigenvalue weighted by molar-refractivity contribution is 5.95. The number of anilines is 2. The van der Waals surface area contributed by atoms with Gasteiger partial charge in [0.15, 0.2) is 18.1 Å². The summed E-state index contributed by atoms with van der Waals surface area (Å²) in [4.78, 5) is 23.7. The van der Waals surface area contributed by atoms with E-state index in [1.807, 2.05) is 12.1 Å². The Morgan fingerprint density at radius 1 is 0.960 bits per heavy atom. The molecule has 2 amide bonds. The fourth-order valence-corrected chi connectivity index (χ4v) is 2.31. The molecule has 1 fully saturated rings. The van der Waals surface area contributed by atoms with E-state index in [0.29, 0.717) is 17.2 Å². The van der Waals surface area contributed by atoms with E-state index >= 15 is 0 Å². The molecule has 0 unspecified atom stereocenters. The first kappa shape index (κ1) is 16.8. The Morgan fingerprint density at radius 3 is 2.16 bits per heavy atom. The van der Waals surface area contributed by atoms with Crippen LogP contribution in [0.15, 0.2) is 48.5 Å². The van der Waals surface area contributed by atoms with Crippen LogP contribution in [0.2, 0.25) is 0 Å². The lowest BCUT2D eigenvalue weighted by atomic mass is 10.2. The standard InChI is InChI=1S/C19H20N2O4/c1-24-16-4-2-3-5-17(16)25-12-18(22)20-14-8-10-15(11-9-14)21-19(23)13-6-7-13/h2-5,8-11,13H,6-7,12H2,1H3,(H,20,22)(H,21,23). The number of benzene rings is 2. The first-order valence-corrected chi connectivity index (χ1v) is 8.12. The first-order valence-electron chi connectivity index (χ1n) is 8.12. The van der Waals surface area contributed by atoms with Crippen molar-refractivity contribution >= 4 is 23.2 Å². The van der Waals surface area contributed by atoms with Crippen molar-refractivity contribution < 1.29 is 19.1 Å². The second-order valence-corrected chi connectivity index (χ2v) is 5.83. The molecule has 6 nitrogen and oxygen atoms in total. The van der Waals surface area contributed by atoms with Crippen LogP contribution in [-0.4, -0.2) is 25.5 Å². The molecule has 1 aliphatic rings. The monoisotopic (exact) mass is 340 g/mol. The average molecular weight is 340 g/mol. The van der Waals surface area contributed by atoms with Gasteiger partial charge in [-0.1, -0.05) is 12.1 Å². The topological polar surface area (TPSA) is 76.7 Å². The maximum absolute atomic E-state index is 12.0. The molecule has 1 aliphatic carbocycles. The van der Waals surface area contributed by atoms with Gasteiger partial charge in [-0.05, 0) is 49.2 Å². The molecule has 1 saturated carbocycles. The van der Waals surface area contributed by atoms with Crippen LogP contribution in [0.1, 0.15) is 12.8 Å². The molecule has 0 heterocycles. The van der Waals surface area contributed by atoms with E-state index in [0.717, 1.165) is 18.5 Å². The average Bonchev–Trinajstić information content (AvgIpc) is 3.47. The smallest absolute Gasteiger partial charge is 0.262 e. The Balaban J connectivity index is 1.49. The molecular formula is C19H20N2O4. The van der Waals surface area contributed by atoms with E-state index in [9.17, 15) is 9.59 Å². The molecule has 2 aromatic rings. The lowest BCUT2D eigenvalue weighted by Crippen LogP contribution is -2.20. The number of nitrogens with one attached hydrogen (secondary N) is 2. The Labute approximate surface area is 146 Å². The summed E-state index contributed by atoms with van der Waals surface area (Å²) in [5, 5.41) is 5.60. The minimum atomic E-state index is -0.277. The highest BCUT2D eigenvalue weighted by Crippen LogP contribution is 2.30. The molecular weight excluding hydrogens is 320 g/mol. The number of carbonyl (C=O) groups is 2. The lowest BCUT2D eigenvalue weighted by Gasteiger charge is -2.11. The summed E-state index contributed by atoms with van der Waals surface area (Å²) < 4.78 is 10.6. The summed E-state index contributed by atoms with van der Waals surface area (Å²) >= 11 is 0. The Kier molecular flexibility index (Phi) is 5.18. The normalized spacial score (nSPS) is 13.0. The van der Waals surface area contributed by atoms with Gasteiger partial charge >= 0.3 is 0 Å². The number of methoxy groups -OCH3 is 1. The Morgan fingerprint density at radius 2 is 1.56 bits per heavy atom. The van der Waals surface area contributed by atoms with Crippen molar-refractivity contribution in [2.75, 3.05) is 24.4 Å². The summed E-state index contributed by atoms with van der Waals surface area (Å²) in [5.74, 6) is 1.03. The largest absolute Gasteiger partial charge is 0.493 e. The van der Waals surface area contributed by atoms with Gasteiger partial charge in [-0.15, -0.1) is 0 Å². The third-order valence-corrected chi connectivity index (χ3v) is 3.81. The fourth-order valence-electron chi connectivity index (χ4n) is 2.31. The van der Waals surface area contributed by atoms with Crippen molar-refractivity contribution in [1.82, 2.24) is 0 Å². The molecule has 2 aromatic carbocycles. The van der Waals surface area contributed by atoms with Crippen LogP contribution < -0.4 is 20.1 Å². The molecule has 0 aliphatic heterocycles. The van der Waals surface area contributed by atoms with Crippen LogP contribution in [0.3, 0.4) is 0 Å². The molecule has 0 spiro atoms. The number of ether oxygens (including phenoxy) is 2. The quantitative estimate of drug-likeness (QED) is 0.812. The zero-order valence-corrected chi connectivity index (χ0v) is 14.0. The van der Waals surface area contributed by atoms with E-state index in [4.69, 9.17) is 9.47 Å². The number of carbonyl (C=O) groups excluding carboxylic acids is 2. The number of hydrogen-bond donors (Lipinski definition) is 2. The molecule has 2 N–H and O–H groups in total. The maximum Gasteiger partial charge on any atom is 0.262 e. The third kappa shape index (κ3) is 4.73. The summed E-state index contributed by atoms with van der Waals surface area (Å²) in [7, 11) is 1.55. The molecule has 6 heteroatoms. The van der Waals surface area contributed by atoms with Gasteiger partial charge in [-0.25, -0.2) is 0 Å². The summed E-state index contributed by atoms with van der Waals surface area (Å²) in [6.45, 7) is -0.124. The van der Waals surface area contributed by atoms with Gasteiger partial charge in [0.1, 0.15) is 0 Å². The summed E-state index contributed by atoms with van der Waals surface area (Å²) in [6.07, 6.45) is 1.93. The van der Waals surface area contributed by atoms with E-state index in [1.54, 1.807) is 43.5 Å². The van der Waals surface area contributed by atoms with Gasteiger partial charge < -0.3 is 20.1 Å². The van der Waals surface area contributed by atoms with Crippen LogP contribution in [0.25, 0.3) is 0 Å². The predicted octanol–water partition coefficient (Wildman–Crippen LogP) is 3.06. The van der Waals surface area contributed by atoms with Crippen LogP contribution in [0, 0.1) is 5.92 Å². The van der Waals surface area contributed by atoms with E-state index in [1.165, 1.54) is 0 Å².